The van der Waals surface area contributed by atoms with Gasteiger partial charge in [-0.3, -0.25) is 4.79 Å². The number of nitriles is 1. The number of nitrogens with two attached hydrogens (primary N) is 1. The zero-order chi connectivity index (χ0) is 11.3. The van der Waals surface area contributed by atoms with Gasteiger partial charge in [-0.1, -0.05) is 0 Å². The standard InChI is InChI=1S/C10H17N3O2/c1-13(6-2-5-11)9(14)10(12)3-7-15-8-4-10/h2-4,6-8,12H2,1H3. The molecule has 0 aromatic carbocycles. The summed E-state index contributed by atoms with van der Waals surface area (Å²) >= 11 is 0. The highest BCUT2D eigenvalue weighted by atomic mass is 16.5. The molecule has 84 valence electrons. The van der Waals surface area contributed by atoms with Crippen LogP contribution in [-0.4, -0.2) is 43.2 Å². The van der Waals surface area contributed by atoms with Crippen LogP contribution in [0.4, 0.5) is 0 Å². The monoisotopic (exact) mass is 211 g/mol. The predicted octanol–water partition coefficient (Wildman–Crippen LogP) is -0.134. The van der Waals surface area contributed by atoms with Gasteiger partial charge in [-0.15, -0.1) is 0 Å². The van der Waals surface area contributed by atoms with Crippen molar-refractivity contribution < 1.29 is 9.53 Å². The van der Waals surface area contributed by atoms with Crippen molar-refractivity contribution >= 4 is 5.91 Å². The molecule has 0 aromatic heterocycles. The minimum atomic E-state index is -0.789. The SMILES string of the molecule is CN(CCC#N)C(=O)C1(N)CCOCC1. The number of amides is 1. The minimum Gasteiger partial charge on any atom is -0.381 e. The van der Waals surface area contributed by atoms with Crippen molar-refractivity contribution in [2.45, 2.75) is 24.8 Å². The third-order valence-electron chi connectivity index (χ3n) is 2.72. The van der Waals surface area contributed by atoms with Crippen molar-refractivity contribution in [2.24, 2.45) is 5.73 Å². The number of carbonyl (C=O) groups is 1. The molecule has 0 spiro atoms. The van der Waals surface area contributed by atoms with E-state index in [-0.39, 0.29) is 5.91 Å². The van der Waals surface area contributed by atoms with E-state index in [1.165, 1.54) is 4.90 Å². The van der Waals surface area contributed by atoms with E-state index in [4.69, 9.17) is 15.7 Å². The van der Waals surface area contributed by atoms with Gasteiger partial charge in [-0.25, -0.2) is 0 Å². The van der Waals surface area contributed by atoms with Crippen LogP contribution in [0.1, 0.15) is 19.3 Å². The number of ether oxygens (including phenoxy) is 1. The Labute approximate surface area is 89.8 Å². The maximum atomic E-state index is 12.0. The maximum absolute atomic E-state index is 12.0. The molecule has 2 N–H and O–H groups in total. The van der Waals surface area contributed by atoms with E-state index >= 15 is 0 Å². The molecule has 0 saturated carbocycles. The fraction of sp³-hybridized carbons (Fsp3) is 0.800. The van der Waals surface area contributed by atoms with E-state index in [9.17, 15) is 4.79 Å². The summed E-state index contributed by atoms with van der Waals surface area (Å²) in [6.45, 7) is 1.51. The van der Waals surface area contributed by atoms with Crippen molar-refractivity contribution in [1.82, 2.24) is 4.90 Å². The number of likely N-dealkylation sites (N-methyl/N-ethyl adjacent to an activating group) is 1. The Morgan fingerprint density at radius 1 is 1.60 bits per heavy atom. The van der Waals surface area contributed by atoms with Gasteiger partial charge in [0.1, 0.15) is 0 Å². The van der Waals surface area contributed by atoms with Crippen LogP contribution in [0.25, 0.3) is 0 Å². The Kier molecular flexibility index (Phi) is 4.06. The minimum absolute atomic E-state index is 0.0824. The summed E-state index contributed by atoms with van der Waals surface area (Å²) in [4.78, 5) is 13.5. The third-order valence-corrected chi connectivity index (χ3v) is 2.72. The lowest BCUT2D eigenvalue weighted by Crippen LogP contribution is -2.57. The van der Waals surface area contributed by atoms with Gasteiger partial charge in [0.05, 0.1) is 18.0 Å². The molecular formula is C10H17N3O2. The van der Waals surface area contributed by atoms with E-state index < -0.39 is 5.54 Å². The van der Waals surface area contributed by atoms with E-state index in [1.54, 1.807) is 7.05 Å². The fourth-order valence-electron chi connectivity index (χ4n) is 1.65. The summed E-state index contributed by atoms with van der Waals surface area (Å²) in [5, 5.41) is 8.43. The molecule has 1 rings (SSSR count). The van der Waals surface area contributed by atoms with Gasteiger partial charge in [-0.05, 0) is 12.8 Å². The average Bonchev–Trinajstić information content (AvgIpc) is 2.26. The second-order valence-corrected chi connectivity index (χ2v) is 3.90. The van der Waals surface area contributed by atoms with Gasteiger partial charge < -0.3 is 15.4 Å². The first kappa shape index (κ1) is 12.0. The van der Waals surface area contributed by atoms with Crippen LogP contribution >= 0.6 is 0 Å². The molecule has 0 aromatic rings. The van der Waals surface area contributed by atoms with Crippen LogP contribution in [0, 0.1) is 11.3 Å². The van der Waals surface area contributed by atoms with Crippen LogP contribution in [0.15, 0.2) is 0 Å². The van der Waals surface area contributed by atoms with Crippen molar-refractivity contribution in [1.29, 1.82) is 5.26 Å². The fourth-order valence-corrected chi connectivity index (χ4v) is 1.65. The van der Waals surface area contributed by atoms with Crippen LogP contribution in [0.3, 0.4) is 0 Å². The van der Waals surface area contributed by atoms with Gasteiger partial charge in [0.15, 0.2) is 0 Å². The van der Waals surface area contributed by atoms with Gasteiger partial charge in [-0.2, -0.15) is 5.26 Å². The smallest absolute Gasteiger partial charge is 0.242 e. The zero-order valence-electron chi connectivity index (χ0n) is 9.03. The first-order valence-electron chi connectivity index (χ1n) is 5.09. The molecule has 1 heterocycles. The summed E-state index contributed by atoms with van der Waals surface area (Å²) in [7, 11) is 1.68. The first-order chi connectivity index (χ1) is 7.10. The summed E-state index contributed by atoms with van der Waals surface area (Å²) in [5.41, 5.74) is 5.23. The lowest BCUT2D eigenvalue weighted by atomic mass is 9.90. The quantitative estimate of drug-likeness (QED) is 0.705. The predicted molar refractivity (Wildman–Crippen MR) is 54.8 cm³/mol. The Balaban J connectivity index is 2.54. The second kappa shape index (κ2) is 5.10. The molecule has 1 aliphatic rings. The zero-order valence-corrected chi connectivity index (χ0v) is 9.03. The van der Waals surface area contributed by atoms with Crippen molar-refractivity contribution in [3.8, 4) is 6.07 Å². The van der Waals surface area contributed by atoms with E-state index in [2.05, 4.69) is 0 Å². The van der Waals surface area contributed by atoms with Crippen molar-refractivity contribution in [3.05, 3.63) is 0 Å². The van der Waals surface area contributed by atoms with Crippen molar-refractivity contribution in [3.63, 3.8) is 0 Å². The van der Waals surface area contributed by atoms with Crippen molar-refractivity contribution in [2.75, 3.05) is 26.8 Å². The molecule has 5 heteroatoms. The Morgan fingerprint density at radius 3 is 2.73 bits per heavy atom. The summed E-state index contributed by atoms with van der Waals surface area (Å²) < 4.78 is 5.17. The van der Waals surface area contributed by atoms with Gasteiger partial charge in [0.25, 0.3) is 0 Å². The molecule has 0 bridgehead atoms. The average molecular weight is 211 g/mol. The van der Waals surface area contributed by atoms with E-state index in [0.29, 0.717) is 39.0 Å². The number of carbonyl (C=O) groups excluding carboxylic acids is 1. The van der Waals surface area contributed by atoms with Crippen LogP contribution in [0.5, 0.6) is 0 Å². The number of hydrogen-bond donors (Lipinski definition) is 1. The highest BCUT2D eigenvalue weighted by Crippen LogP contribution is 2.19. The van der Waals surface area contributed by atoms with E-state index in [1.807, 2.05) is 6.07 Å². The van der Waals surface area contributed by atoms with Gasteiger partial charge >= 0.3 is 0 Å². The lowest BCUT2D eigenvalue weighted by molar-refractivity contribution is -0.139. The molecule has 0 unspecified atom stereocenters. The normalized spacial score (nSPS) is 19.3. The molecule has 0 aliphatic carbocycles. The third kappa shape index (κ3) is 2.91. The Hall–Kier alpha value is -1.12. The van der Waals surface area contributed by atoms with Gasteiger partial charge in [0.2, 0.25) is 5.91 Å². The number of hydrogen-bond acceptors (Lipinski definition) is 4. The molecule has 0 atom stereocenters. The number of rotatable bonds is 3. The Morgan fingerprint density at radius 2 is 2.20 bits per heavy atom. The van der Waals surface area contributed by atoms with Crippen LogP contribution in [-0.2, 0) is 9.53 Å². The van der Waals surface area contributed by atoms with Gasteiger partial charge in [0, 0.05) is 26.8 Å². The molecule has 1 amide bonds. The molecule has 15 heavy (non-hydrogen) atoms. The maximum Gasteiger partial charge on any atom is 0.242 e. The highest BCUT2D eigenvalue weighted by molar-refractivity contribution is 5.86. The molecule has 5 nitrogen and oxygen atoms in total. The molecule has 1 fully saturated rings. The first-order valence-corrected chi connectivity index (χ1v) is 5.09. The molecule has 1 saturated heterocycles. The number of nitrogens with zero attached hydrogens (tertiary/aromatic N) is 2. The topological polar surface area (TPSA) is 79.4 Å². The lowest BCUT2D eigenvalue weighted by Gasteiger charge is -2.35. The summed E-state index contributed by atoms with van der Waals surface area (Å²) in [5.74, 6) is -0.0824. The largest absolute Gasteiger partial charge is 0.381 e. The molecular weight excluding hydrogens is 194 g/mol. The van der Waals surface area contributed by atoms with Crippen LogP contribution < -0.4 is 5.73 Å². The summed E-state index contributed by atoms with van der Waals surface area (Å²) in [6.07, 6.45) is 1.46. The second-order valence-electron chi connectivity index (χ2n) is 3.90. The van der Waals surface area contributed by atoms with Crippen LogP contribution in [0.2, 0.25) is 0 Å². The summed E-state index contributed by atoms with van der Waals surface area (Å²) in [6, 6.07) is 2.01. The van der Waals surface area contributed by atoms with E-state index in [0.717, 1.165) is 0 Å². The molecule has 1 aliphatic heterocycles. The molecule has 0 radical (unpaired) electrons. The highest BCUT2D eigenvalue weighted by Gasteiger charge is 2.37. The Bertz CT molecular complexity index is 266.